The third-order valence-electron chi connectivity index (χ3n) is 3.62. The minimum absolute atomic E-state index is 0.197. The molecule has 0 N–H and O–H groups in total. The van der Waals surface area contributed by atoms with Crippen LogP contribution in [0.25, 0.3) is 0 Å². The van der Waals surface area contributed by atoms with Crippen molar-refractivity contribution in [2.45, 2.75) is 0 Å². The molecule has 0 spiro atoms. The van der Waals surface area contributed by atoms with E-state index in [9.17, 15) is 9.59 Å². The highest BCUT2D eigenvalue weighted by molar-refractivity contribution is 5.84. The topological polar surface area (TPSA) is 34.1 Å². The molecule has 2 nitrogen and oxygen atoms in total. The van der Waals surface area contributed by atoms with E-state index >= 15 is 0 Å². The zero-order valence-corrected chi connectivity index (χ0v) is 6.44. The first kappa shape index (κ1) is 6.35. The van der Waals surface area contributed by atoms with E-state index in [4.69, 9.17) is 0 Å². The first-order valence-electron chi connectivity index (χ1n) is 4.16. The van der Waals surface area contributed by atoms with Crippen molar-refractivity contribution < 1.29 is 9.59 Å². The molecule has 1 fully saturated rings. The lowest BCUT2D eigenvalue weighted by molar-refractivity contribution is -0.136. The molecule has 0 aromatic rings. The van der Waals surface area contributed by atoms with Gasteiger partial charge in [0, 0.05) is 17.8 Å². The van der Waals surface area contributed by atoms with Crippen LogP contribution in [0.4, 0.5) is 0 Å². The van der Waals surface area contributed by atoms with E-state index in [1.807, 2.05) is 18.2 Å². The zero-order chi connectivity index (χ0) is 8.34. The van der Waals surface area contributed by atoms with E-state index in [0.717, 1.165) is 18.1 Å². The van der Waals surface area contributed by atoms with Gasteiger partial charge in [0.2, 0.25) is 0 Å². The van der Waals surface area contributed by atoms with E-state index < -0.39 is 0 Å². The number of fused-ring (bicyclic) bond motifs is 4. The van der Waals surface area contributed by atoms with Gasteiger partial charge in [-0.15, -0.1) is 0 Å². The average Bonchev–Trinajstić information content (AvgIpc) is 2.05. The second-order valence-corrected chi connectivity index (χ2v) is 3.84. The largest absolute Gasteiger partial charge is 0.302 e. The SMILES string of the molecule is O=CC1=C[C@@H]2C1[C@@H]1C=C[C@]21C=O. The summed E-state index contributed by atoms with van der Waals surface area (Å²) in [6.45, 7) is 0. The van der Waals surface area contributed by atoms with Gasteiger partial charge in [-0.05, 0) is 5.57 Å². The molecule has 0 aliphatic heterocycles. The van der Waals surface area contributed by atoms with Gasteiger partial charge in [-0.2, -0.15) is 0 Å². The number of hydrogen-bond donors (Lipinski definition) is 0. The van der Waals surface area contributed by atoms with Crippen molar-refractivity contribution in [3.63, 3.8) is 0 Å². The van der Waals surface area contributed by atoms with E-state index in [1.165, 1.54) is 0 Å². The van der Waals surface area contributed by atoms with Crippen LogP contribution < -0.4 is 0 Å². The lowest BCUT2D eigenvalue weighted by atomic mass is 9.36. The fraction of sp³-hybridized carbons (Fsp3) is 0.400. The standard InChI is InChI=1S/C10H8O2/c11-4-6-3-8-9(6)7-1-2-10(7,8)5-12/h1-5,7-9H/t7-,8+,9?,10+/m0/s1. The van der Waals surface area contributed by atoms with Crippen molar-refractivity contribution in [1.29, 1.82) is 0 Å². The molecule has 0 bridgehead atoms. The highest BCUT2D eigenvalue weighted by atomic mass is 16.1. The highest BCUT2D eigenvalue weighted by Gasteiger charge is 2.67. The van der Waals surface area contributed by atoms with Crippen molar-refractivity contribution in [3.8, 4) is 0 Å². The van der Waals surface area contributed by atoms with Crippen LogP contribution in [0.2, 0.25) is 0 Å². The number of carbonyl (C=O) groups excluding carboxylic acids is 2. The van der Waals surface area contributed by atoms with Crippen molar-refractivity contribution in [2.24, 2.45) is 23.2 Å². The molecule has 0 amide bonds. The monoisotopic (exact) mass is 160 g/mol. The van der Waals surface area contributed by atoms with Crippen LogP contribution in [0.3, 0.4) is 0 Å². The average molecular weight is 160 g/mol. The van der Waals surface area contributed by atoms with Gasteiger partial charge in [0.15, 0.2) is 0 Å². The first-order valence-corrected chi connectivity index (χ1v) is 4.16. The predicted molar refractivity (Wildman–Crippen MR) is 42.3 cm³/mol. The van der Waals surface area contributed by atoms with E-state index in [1.54, 1.807) is 0 Å². The Kier molecular flexibility index (Phi) is 0.849. The normalized spacial score (nSPS) is 51.7. The Balaban J connectivity index is 2.00. The summed E-state index contributed by atoms with van der Waals surface area (Å²) < 4.78 is 0. The van der Waals surface area contributed by atoms with E-state index in [-0.39, 0.29) is 5.41 Å². The molecular formula is C10H8O2. The number of hydrogen-bond acceptors (Lipinski definition) is 2. The molecule has 2 heteroatoms. The van der Waals surface area contributed by atoms with E-state index in [2.05, 4.69) is 0 Å². The molecule has 60 valence electrons. The third kappa shape index (κ3) is 0.377. The molecule has 0 radical (unpaired) electrons. The summed E-state index contributed by atoms with van der Waals surface area (Å²) in [6.07, 6.45) is 7.92. The van der Waals surface area contributed by atoms with Crippen LogP contribution >= 0.6 is 0 Å². The Hall–Kier alpha value is -1.18. The van der Waals surface area contributed by atoms with Crippen LogP contribution in [0.5, 0.6) is 0 Å². The lowest BCUT2D eigenvalue weighted by Crippen LogP contribution is -2.64. The summed E-state index contributed by atoms with van der Waals surface area (Å²) in [5, 5.41) is 0. The second kappa shape index (κ2) is 1.60. The Morgan fingerprint density at radius 3 is 2.58 bits per heavy atom. The Morgan fingerprint density at radius 2 is 2.17 bits per heavy atom. The summed E-state index contributed by atoms with van der Waals surface area (Å²) in [4.78, 5) is 21.3. The molecule has 3 rings (SSSR count). The molecule has 0 heterocycles. The van der Waals surface area contributed by atoms with Crippen molar-refractivity contribution in [1.82, 2.24) is 0 Å². The quantitative estimate of drug-likeness (QED) is 0.441. The van der Waals surface area contributed by atoms with Crippen molar-refractivity contribution >= 4 is 12.6 Å². The van der Waals surface area contributed by atoms with Crippen LogP contribution in [-0.2, 0) is 9.59 Å². The highest BCUT2D eigenvalue weighted by Crippen LogP contribution is 2.68. The maximum Gasteiger partial charge on any atom is 0.146 e. The molecule has 12 heavy (non-hydrogen) atoms. The van der Waals surface area contributed by atoms with Gasteiger partial charge >= 0.3 is 0 Å². The Labute approximate surface area is 70.0 Å². The molecule has 0 aromatic carbocycles. The van der Waals surface area contributed by atoms with Crippen LogP contribution in [0.1, 0.15) is 0 Å². The molecule has 1 saturated carbocycles. The first-order chi connectivity index (χ1) is 5.83. The molecule has 3 aliphatic rings. The van der Waals surface area contributed by atoms with Gasteiger partial charge < -0.3 is 4.79 Å². The summed E-state index contributed by atoms with van der Waals surface area (Å²) in [6, 6.07) is 0. The second-order valence-electron chi connectivity index (χ2n) is 3.84. The van der Waals surface area contributed by atoms with Gasteiger partial charge in [0.1, 0.15) is 12.6 Å². The van der Waals surface area contributed by atoms with Gasteiger partial charge in [-0.3, -0.25) is 4.79 Å². The summed E-state index contributed by atoms with van der Waals surface area (Å²) in [5.74, 6) is 1.05. The summed E-state index contributed by atoms with van der Waals surface area (Å²) in [7, 11) is 0. The number of rotatable bonds is 2. The fourth-order valence-corrected chi connectivity index (χ4v) is 2.79. The predicted octanol–water partition coefficient (Wildman–Crippen LogP) is 0.743. The van der Waals surface area contributed by atoms with Gasteiger partial charge in [-0.25, -0.2) is 0 Å². The molecule has 0 aromatic heterocycles. The molecular weight excluding hydrogens is 152 g/mol. The molecule has 4 atom stereocenters. The smallest absolute Gasteiger partial charge is 0.146 e. The minimum atomic E-state index is -0.197. The van der Waals surface area contributed by atoms with Crippen LogP contribution in [0.15, 0.2) is 23.8 Å². The maximum atomic E-state index is 10.8. The minimum Gasteiger partial charge on any atom is -0.302 e. The summed E-state index contributed by atoms with van der Waals surface area (Å²) in [5.41, 5.74) is 0.698. The van der Waals surface area contributed by atoms with E-state index in [0.29, 0.717) is 17.8 Å². The Bertz CT molecular complexity index is 340. The van der Waals surface area contributed by atoms with Crippen molar-refractivity contribution in [3.05, 3.63) is 23.8 Å². The number of carbonyl (C=O) groups is 2. The maximum absolute atomic E-state index is 10.8. The third-order valence-corrected chi connectivity index (χ3v) is 3.62. The van der Waals surface area contributed by atoms with Gasteiger partial charge in [-0.1, -0.05) is 18.2 Å². The number of aldehydes is 2. The molecule has 1 unspecified atom stereocenters. The Morgan fingerprint density at radius 1 is 1.33 bits per heavy atom. The zero-order valence-electron chi connectivity index (χ0n) is 6.44. The van der Waals surface area contributed by atoms with Crippen LogP contribution in [-0.4, -0.2) is 12.6 Å². The lowest BCUT2D eigenvalue weighted by Gasteiger charge is -2.65. The van der Waals surface area contributed by atoms with Gasteiger partial charge in [0.25, 0.3) is 0 Å². The number of allylic oxidation sites excluding steroid dienone is 4. The fourth-order valence-electron chi connectivity index (χ4n) is 2.79. The van der Waals surface area contributed by atoms with Crippen LogP contribution in [0, 0.1) is 23.2 Å². The van der Waals surface area contributed by atoms with Crippen molar-refractivity contribution in [2.75, 3.05) is 0 Å². The summed E-state index contributed by atoms with van der Waals surface area (Å²) >= 11 is 0. The molecule has 3 aliphatic carbocycles. The van der Waals surface area contributed by atoms with Gasteiger partial charge in [0.05, 0.1) is 5.41 Å². The molecule has 0 saturated heterocycles.